The number of benzene rings is 1. The van der Waals surface area contributed by atoms with Gasteiger partial charge in [-0.1, -0.05) is 37.1 Å². The summed E-state index contributed by atoms with van der Waals surface area (Å²) < 4.78 is 5.42. The number of hydrogen-bond donors (Lipinski definition) is 3. The molecule has 0 amide bonds. The van der Waals surface area contributed by atoms with Crippen LogP contribution in [0.4, 0.5) is 0 Å². The first-order chi connectivity index (χ1) is 9.13. The summed E-state index contributed by atoms with van der Waals surface area (Å²) in [6.45, 7) is 3.05. The molecule has 5 heteroatoms. The molecule has 0 fully saturated rings. The summed E-state index contributed by atoms with van der Waals surface area (Å²) in [5.41, 5.74) is 0. The van der Waals surface area contributed by atoms with Crippen LogP contribution in [-0.4, -0.2) is 42.1 Å². The molecular weight excluding hydrogens is 266 g/mol. The number of aliphatic hydroxyl groups excluding tert-OH is 2. The van der Waals surface area contributed by atoms with Crippen LogP contribution in [-0.2, 0) is 0 Å². The quantitative estimate of drug-likeness (QED) is 0.648. The highest BCUT2D eigenvalue weighted by Crippen LogP contribution is 2.22. The standard InChI is InChI=1S/C14H22ClNO3/c1-2-5-11(17)8-16-9-12(18)10-19-14-7-4-3-6-13(14)15/h3-4,6-7,11-12,16-18H,2,5,8-10H2,1H3. The Morgan fingerprint density at radius 1 is 1.21 bits per heavy atom. The van der Waals surface area contributed by atoms with Crippen LogP contribution in [0.3, 0.4) is 0 Å². The molecule has 1 aromatic carbocycles. The van der Waals surface area contributed by atoms with Gasteiger partial charge in [-0.05, 0) is 18.6 Å². The summed E-state index contributed by atoms with van der Waals surface area (Å²) in [5, 5.41) is 22.8. The van der Waals surface area contributed by atoms with Gasteiger partial charge < -0.3 is 20.3 Å². The number of halogens is 1. The average Bonchev–Trinajstić information content (AvgIpc) is 2.38. The zero-order chi connectivity index (χ0) is 14.1. The van der Waals surface area contributed by atoms with Crippen molar-refractivity contribution in [3.8, 4) is 5.75 Å². The lowest BCUT2D eigenvalue weighted by Crippen LogP contribution is -2.35. The lowest BCUT2D eigenvalue weighted by atomic mass is 10.2. The molecule has 0 aliphatic carbocycles. The van der Waals surface area contributed by atoms with Crippen LogP contribution in [0.15, 0.2) is 24.3 Å². The molecule has 0 spiro atoms. The van der Waals surface area contributed by atoms with Gasteiger partial charge in [0.25, 0.3) is 0 Å². The van der Waals surface area contributed by atoms with Gasteiger partial charge in [-0.2, -0.15) is 0 Å². The minimum Gasteiger partial charge on any atom is -0.489 e. The van der Waals surface area contributed by atoms with Crippen LogP contribution in [0.2, 0.25) is 5.02 Å². The van der Waals surface area contributed by atoms with Gasteiger partial charge in [0.1, 0.15) is 18.5 Å². The van der Waals surface area contributed by atoms with Crippen molar-refractivity contribution in [3.63, 3.8) is 0 Å². The van der Waals surface area contributed by atoms with E-state index >= 15 is 0 Å². The third-order valence-corrected chi connectivity index (χ3v) is 2.96. The molecule has 2 unspecified atom stereocenters. The van der Waals surface area contributed by atoms with E-state index in [2.05, 4.69) is 5.32 Å². The smallest absolute Gasteiger partial charge is 0.138 e. The number of hydrogen-bond acceptors (Lipinski definition) is 4. The summed E-state index contributed by atoms with van der Waals surface area (Å²) in [4.78, 5) is 0. The Bertz CT molecular complexity index is 362. The van der Waals surface area contributed by atoms with E-state index in [1.165, 1.54) is 0 Å². The maximum atomic E-state index is 9.73. The van der Waals surface area contributed by atoms with Gasteiger partial charge in [0, 0.05) is 13.1 Å². The van der Waals surface area contributed by atoms with E-state index in [9.17, 15) is 10.2 Å². The van der Waals surface area contributed by atoms with Crippen molar-refractivity contribution in [2.24, 2.45) is 0 Å². The molecule has 0 bridgehead atoms. The first-order valence-electron chi connectivity index (χ1n) is 6.57. The van der Waals surface area contributed by atoms with Gasteiger partial charge in [-0.25, -0.2) is 0 Å². The van der Waals surface area contributed by atoms with Gasteiger partial charge in [-0.15, -0.1) is 0 Å². The van der Waals surface area contributed by atoms with Crippen LogP contribution in [0.25, 0.3) is 0 Å². The zero-order valence-corrected chi connectivity index (χ0v) is 11.9. The predicted octanol–water partition coefficient (Wildman–Crippen LogP) is 1.83. The van der Waals surface area contributed by atoms with Crippen molar-refractivity contribution in [2.45, 2.75) is 32.0 Å². The highest BCUT2D eigenvalue weighted by molar-refractivity contribution is 6.32. The van der Waals surface area contributed by atoms with E-state index in [0.29, 0.717) is 23.9 Å². The predicted molar refractivity (Wildman–Crippen MR) is 76.7 cm³/mol. The molecule has 0 heterocycles. The highest BCUT2D eigenvalue weighted by atomic mass is 35.5. The maximum absolute atomic E-state index is 9.73. The lowest BCUT2D eigenvalue weighted by molar-refractivity contribution is 0.0985. The van der Waals surface area contributed by atoms with Crippen LogP contribution >= 0.6 is 11.6 Å². The van der Waals surface area contributed by atoms with Gasteiger partial charge >= 0.3 is 0 Å². The van der Waals surface area contributed by atoms with Crippen molar-refractivity contribution in [3.05, 3.63) is 29.3 Å². The molecule has 108 valence electrons. The third-order valence-electron chi connectivity index (χ3n) is 2.65. The number of nitrogens with one attached hydrogen (secondary N) is 1. The average molecular weight is 288 g/mol. The van der Waals surface area contributed by atoms with E-state index < -0.39 is 6.10 Å². The summed E-state index contributed by atoms with van der Waals surface area (Å²) in [6.07, 6.45) is 0.715. The van der Waals surface area contributed by atoms with E-state index in [-0.39, 0.29) is 12.7 Å². The van der Waals surface area contributed by atoms with Gasteiger partial charge in [-0.3, -0.25) is 0 Å². The normalized spacial score (nSPS) is 14.1. The van der Waals surface area contributed by atoms with Gasteiger partial charge in [0.2, 0.25) is 0 Å². The SMILES string of the molecule is CCCC(O)CNCC(O)COc1ccccc1Cl. The van der Waals surface area contributed by atoms with Crippen LogP contribution in [0.1, 0.15) is 19.8 Å². The first kappa shape index (κ1) is 16.2. The Kier molecular flexibility index (Phi) is 7.82. The molecule has 0 aliphatic rings. The van der Waals surface area contributed by atoms with Crippen molar-refractivity contribution < 1.29 is 14.9 Å². The van der Waals surface area contributed by atoms with Crippen LogP contribution in [0, 0.1) is 0 Å². The molecule has 1 aromatic rings. The Hall–Kier alpha value is -0.810. The number of para-hydroxylation sites is 1. The molecule has 0 aliphatic heterocycles. The fraction of sp³-hybridized carbons (Fsp3) is 0.571. The summed E-state index contributed by atoms with van der Waals surface area (Å²) in [7, 11) is 0. The topological polar surface area (TPSA) is 61.7 Å². The second-order valence-corrected chi connectivity index (χ2v) is 4.90. The summed E-state index contributed by atoms with van der Waals surface area (Å²) in [5.74, 6) is 0.564. The van der Waals surface area contributed by atoms with Gasteiger partial charge in [0.05, 0.1) is 11.1 Å². The first-order valence-corrected chi connectivity index (χ1v) is 6.95. The summed E-state index contributed by atoms with van der Waals surface area (Å²) in [6, 6.07) is 7.14. The molecule has 0 saturated heterocycles. The Balaban J connectivity index is 2.18. The minimum atomic E-state index is -0.634. The highest BCUT2D eigenvalue weighted by Gasteiger charge is 2.08. The van der Waals surface area contributed by atoms with Crippen molar-refractivity contribution >= 4 is 11.6 Å². The maximum Gasteiger partial charge on any atom is 0.138 e. The Morgan fingerprint density at radius 3 is 2.58 bits per heavy atom. The fourth-order valence-corrected chi connectivity index (χ4v) is 1.85. The molecule has 2 atom stereocenters. The molecule has 3 N–H and O–H groups in total. The number of rotatable bonds is 9. The summed E-state index contributed by atoms with van der Waals surface area (Å²) >= 11 is 5.93. The monoisotopic (exact) mass is 287 g/mol. The molecule has 0 saturated carbocycles. The fourth-order valence-electron chi connectivity index (χ4n) is 1.66. The Labute approximate surface area is 119 Å². The van der Waals surface area contributed by atoms with E-state index in [4.69, 9.17) is 16.3 Å². The van der Waals surface area contributed by atoms with Crippen molar-refractivity contribution in [1.82, 2.24) is 5.32 Å². The minimum absolute atomic E-state index is 0.167. The van der Waals surface area contributed by atoms with Gasteiger partial charge in [0.15, 0.2) is 0 Å². The number of ether oxygens (including phenoxy) is 1. The second kappa shape index (κ2) is 9.15. The van der Waals surface area contributed by atoms with Crippen LogP contribution in [0.5, 0.6) is 5.75 Å². The van der Waals surface area contributed by atoms with Crippen LogP contribution < -0.4 is 10.1 Å². The third kappa shape index (κ3) is 6.78. The molecule has 4 nitrogen and oxygen atoms in total. The lowest BCUT2D eigenvalue weighted by Gasteiger charge is -2.15. The molecule has 0 aromatic heterocycles. The number of aliphatic hydroxyl groups is 2. The molecule has 0 radical (unpaired) electrons. The Morgan fingerprint density at radius 2 is 1.89 bits per heavy atom. The molecule has 19 heavy (non-hydrogen) atoms. The van der Waals surface area contributed by atoms with E-state index in [1.54, 1.807) is 12.1 Å². The molecular formula is C14H22ClNO3. The van der Waals surface area contributed by atoms with Crippen molar-refractivity contribution in [1.29, 1.82) is 0 Å². The second-order valence-electron chi connectivity index (χ2n) is 4.50. The largest absolute Gasteiger partial charge is 0.489 e. The van der Waals surface area contributed by atoms with E-state index in [0.717, 1.165) is 12.8 Å². The van der Waals surface area contributed by atoms with E-state index in [1.807, 2.05) is 19.1 Å². The molecule has 1 rings (SSSR count). The zero-order valence-electron chi connectivity index (χ0n) is 11.2. The van der Waals surface area contributed by atoms with Crippen molar-refractivity contribution in [2.75, 3.05) is 19.7 Å².